The molecule has 2 rings (SSSR count). The topological polar surface area (TPSA) is 22.0 Å². The average molecular weight is 320 g/mol. The molecular weight excluding hydrogens is 302 g/mol. The Bertz CT molecular complexity index is 620. The fraction of sp³-hybridized carbons (Fsp3) is 0.312. The van der Waals surface area contributed by atoms with E-state index in [0.29, 0.717) is 6.54 Å². The summed E-state index contributed by atoms with van der Waals surface area (Å²) in [5.74, 6) is 0. The first-order valence-electron chi connectivity index (χ1n) is 6.32. The second kappa shape index (κ2) is 5.33. The van der Waals surface area contributed by atoms with Crippen molar-refractivity contribution in [1.29, 1.82) is 0 Å². The van der Waals surface area contributed by atoms with E-state index in [1.807, 2.05) is 6.20 Å². The Balaban J connectivity index is 2.25. The van der Waals surface area contributed by atoms with Crippen LogP contribution in [0.15, 0.2) is 51.9 Å². The van der Waals surface area contributed by atoms with Gasteiger partial charge < -0.3 is 4.57 Å². The van der Waals surface area contributed by atoms with Crippen LogP contribution in [0.1, 0.15) is 31.9 Å². The number of rotatable bonds is 2. The second-order valence-corrected chi connectivity index (χ2v) is 6.68. The number of hydrogen-bond donors (Lipinski definition) is 0. The van der Waals surface area contributed by atoms with Crippen LogP contribution >= 0.6 is 15.9 Å². The van der Waals surface area contributed by atoms with Crippen molar-refractivity contribution < 1.29 is 0 Å². The smallest absolute Gasteiger partial charge is 0.250 e. The van der Waals surface area contributed by atoms with Gasteiger partial charge in [-0.05, 0) is 38.5 Å². The molecule has 3 heteroatoms. The molecule has 1 heterocycles. The number of aromatic nitrogens is 1. The summed E-state index contributed by atoms with van der Waals surface area (Å²) in [6, 6.07) is 11.8. The maximum Gasteiger partial charge on any atom is 0.250 e. The van der Waals surface area contributed by atoms with Crippen LogP contribution in [0.5, 0.6) is 0 Å². The Morgan fingerprint density at radius 1 is 1.05 bits per heavy atom. The van der Waals surface area contributed by atoms with E-state index in [-0.39, 0.29) is 11.0 Å². The summed E-state index contributed by atoms with van der Waals surface area (Å²) in [7, 11) is 0. The van der Waals surface area contributed by atoms with Gasteiger partial charge in [0, 0.05) is 16.7 Å². The lowest BCUT2D eigenvalue weighted by Gasteiger charge is -2.19. The molecule has 1 aromatic heterocycles. The fourth-order valence-corrected chi connectivity index (χ4v) is 2.31. The summed E-state index contributed by atoms with van der Waals surface area (Å²) in [6.45, 7) is 7.19. The van der Waals surface area contributed by atoms with Gasteiger partial charge in [0.25, 0.3) is 5.56 Å². The number of hydrogen-bond acceptors (Lipinski definition) is 1. The van der Waals surface area contributed by atoms with Crippen LogP contribution in [0, 0.1) is 0 Å². The largest absolute Gasteiger partial charge is 0.310 e. The molecule has 0 unspecified atom stereocenters. The minimum atomic E-state index is 0.0168. The standard InChI is InChI=1S/C16H18BrNO/c1-16(2,3)13-6-4-12(5-7-13)10-18-11-14(17)8-9-15(18)19/h4-9,11H,10H2,1-3H3. The molecule has 0 aliphatic carbocycles. The maximum absolute atomic E-state index is 11.7. The highest BCUT2D eigenvalue weighted by Crippen LogP contribution is 2.22. The molecule has 0 fully saturated rings. The van der Waals surface area contributed by atoms with Crippen molar-refractivity contribution in [3.8, 4) is 0 Å². The summed E-state index contributed by atoms with van der Waals surface area (Å²) in [4.78, 5) is 11.7. The molecular formula is C16H18BrNO. The number of halogens is 1. The molecule has 0 saturated carbocycles. The minimum Gasteiger partial charge on any atom is -0.310 e. The van der Waals surface area contributed by atoms with Crippen LogP contribution in [0.2, 0.25) is 0 Å². The van der Waals surface area contributed by atoms with E-state index in [1.165, 1.54) is 5.56 Å². The molecule has 100 valence electrons. The van der Waals surface area contributed by atoms with Crippen molar-refractivity contribution in [3.63, 3.8) is 0 Å². The lowest BCUT2D eigenvalue weighted by molar-refractivity contribution is 0.589. The zero-order valence-electron chi connectivity index (χ0n) is 11.5. The Morgan fingerprint density at radius 3 is 2.26 bits per heavy atom. The molecule has 0 N–H and O–H groups in total. The van der Waals surface area contributed by atoms with Gasteiger partial charge in [-0.1, -0.05) is 45.0 Å². The van der Waals surface area contributed by atoms with Gasteiger partial charge in [-0.3, -0.25) is 4.79 Å². The molecule has 0 amide bonds. The van der Waals surface area contributed by atoms with Crippen molar-refractivity contribution >= 4 is 15.9 Å². The summed E-state index contributed by atoms with van der Waals surface area (Å²) in [6.07, 6.45) is 1.82. The highest BCUT2D eigenvalue weighted by Gasteiger charge is 2.12. The molecule has 0 atom stereocenters. The maximum atomic E-state index is 11.7. The molecule has 1 aromatic carbocycles. The molecule has 2 aromatic rings. The highest BCUT2D eigenvalue weighted by molar-refractivity contribution is 9.10. The van der Waals surface area contributed by atoms with Crippen LogP contribution in [0.25, 0.3) is 0 Å². The van der Waals surface area contributed by atoms with Crippen molar-refractivity contribution in [1.82, 2.24) is 4.57 Å². The molecule has 0 saturated heterocycles. The molecule has 0 bridgehead atoms. The van der Waals surface area contributed by atoms with E-state index in [2.05, 4.69) is 61.0 Å². The molecule has 0 aliphatic heterocycles. The third-order valence-corrected chi connectivity index (χ3v) is 3.59. The van der Waals surface area contributed by atoms with Gasteiger partial charge in [0.05, 0.1) is 6.54 Å². The number of pyridine rings is 1. The van der Waals surface area contributed by atoms with Crippen LogP contribution in [-0.4, -0.2) is 4.57 Å². The Kier molecular flexibility index (Phi) is 3.95. The van der Waals surface area contributed by atoms with E-state index in [0.717, 1.165) is 10.0 Å². The van der Waals surface area contributed by atoms with Crippen LogP contribution in [-0.2, 0) is 12.0 Å². The summed E-state index contributed by atoms with van der Waals surface area (Å²) >= 11 is 3.39. The molecule has 19 heavy (non-hydrogen) atoms. The lowest BCUT2D eigenvalue weighted by atomic mass is 9.87. The quantitative estimate of drug-likeness (QED) is 0.821. The van der Waals surface area contributed by atoms with Gasteiger partial charge in [-0.15, -0.1) is 0 Å². The second-order valence-electron chi connectivity index (χ2n) is 5.76. The minimum absolute atomic E-state index is 0.0168. The van der Waals surface area contributed by atoms with Gasteiger partial charge in [0.1, 0.15) is 0 Å². The Labute approximate surface area is 122 Å². The van der Waals surface area contributed by atoms with Crippen LogP contribution < -0.4 is 5.56 Å². The first kappa shape index (κ1) is 14.1. The van der Waals surface area contributed by atoms with Gasteiger partial charge in [-0.2, -0.15) is 0 Å². The van der Waals surface area contributed by atoms with Crippen molar-refractivity contribution in [2.24, 2.45) is 0 Å². The van der Waals surface area contributed by atoms with E-state index in [4.69, 9.17) is 0 Å². The zero-order valence-corrected chi connectivity index (χ0v) is 13.1. The molecule has 0 radical (unpaired) electrons. The normalized spacial score (nSPS) is 11.6. The summed E-state index contributed by atoms with van der Waals surface area (Å²) < 4.78 is 2.62. The highest BCUT2D eigenvalue weighted by atomic mass is 79.9. The van der Waals surface area contributed by atoms with Crippen LogP contribution in [0.3, 0.4) is 0 Å². The van der Waals surface area contributed by atoms with E-state index in [1.54, 1.807) is 16.7 Å². The predicted molar refractivity (Wildman–Crippen MR) is 82.6 cm³/mol. The third-order valence-electron chi connectivity index (χ3n) is 3.12. The summed E-state index contributed by atoms with van der Waals surface area (Å²) in [5, 5.41) is 0. The summed E-state index contributed by atoms with van der Waals surface area (Å²) in [5.41, 5.74) is 2.61. The Morgan fingerprint density at radius 2 is 1.68 bits per heavy atom. The molecule has 0 spiro atoms. The predicted octanol–water partition coefficient (Wildman–Crippen LogP) is 3.96. The molecule has 0 aliphatic rings. The van der Waals surface area contributed by atoms with Crippen molar-refractivity contribution in [3.05, 3.63) is 68.5 Å². The Hall–Kier alpha value is -1.35. The number of benzene rings is 1. The average Bonchev–Trinajstić information content (AvgIpc) is 2.33. The zero-order chi connectivity index (χ0) is 14.0. The first-order valence-corrected chi connectivity index (χ1v) is 7.11. The third kappa shape index (κ3) is 3.57. The number of nitrogens with zero attached hydrogens (tertiary/aromatic N) is 1. The lowest BCUT2D eigenvalue weighted by Crippen LogP contribution is -2.19. The fourth-order valence-electron chi connectivity index (χ4n) is 1.93. The van der Waals surface area contributed by atoms with E-state index < -0.39 is 0 Å². The van der Waals surface area contributed by atoms with Gasteiger partial charge in [0.2, 0.25) is 0 Å². The van der Waals surface area contributed by atoms with Gasteiger partial charge >= 0.3 is 0 Å². The molecule has 2 nitrogen and oxygen atoms in total. The van der Waals surface area contributed by atoms with Crippen molar-refractivity contribution in [2.75, 3.05) is 0 Å². The van der Waals surface area contributed by atoms with E-state index in [9.17, 15) is 4.79 Å². The van der Waals surface area contributed by atoms with Crippen molar-refractivity contribution in [2.45, 2.75) is 32.7 Å². The first-order chi connectivity index (χ1) is 8.86. The van der Waals surface area contributed by atoms with Crippen LogP contribution in [0.4, 0.5) is 0 Å². The SMILES string of the molecule is CC(C)(C)c1ccc(Cn2cc(Br)ccc2=O)cc1. The van der Waals surface area contributed by atoms with Gasteiger partial charge in [0.15, 0.2) is 0 Å². The monoisotopic (exact) mass is 319 g/mol. The van der Waals surface area contributed by atoms with Gasteiger partial charge in [-0.25, -0.2) is 0 Å². The van der Waals surface area contributed by atoms with E-state index >= 15 is 0 Å².